The molecule has 3 aromatic carbocycles. The van der Waals surface area contributed by atoms with Gasteiger partial charge in [0.25, 0.3) is 0 Å². The number of aromatic nitrogens is 2. The summed E-state index contributed by atoms with van der Waals surface area (Å²) >= 11 is 0. The van der Waals surface area contributed by atoms with Gasteiger partial charge < -0.3 is 15.5 Å². The number of hydrogen-bond donors (Lipinski definition) is 2. The third-order valence-corrected chi connectivity index (χ3v) is 6.33. The van der Waals surface area contributed by atoms with Crippen LogP contribution in [0.5, 0.6) is 0 Å². The topological polar surface area (TPSA) is 79.3 Å². The number of carbonyl (C=O) groups excluding carboxylic acids is 2. The molecule has 38 heavy (non-hydrogen) atoms. The molecular weight excluding hydrogens is 474 g/mol. The molecule has 0 fully saturated rings. The number of nitrogens with one attached hydrogen (secondary N) is 2. The second-order valence-corrected chi connectivity index (χ2v) is 9.55. The second-order valence-electron chi connectivity index (χ2n) is 9.55. The number of hydrogen-bond acceptors (Lipinski definition) is 3. The molecule has 2 N–H and O–H groups in total. The van der Waals surface area contributed by atoms with Gasteiger partial charge in [0.05, 0.1) is 11.4 Å². The van der Waals surface area contributed by atoms with Crippen LogP contribution in [0, 0.1) is 20.8 Å². The number of benzene rings is 3. The molecule has 7 heteroatoms. The highest BCUT2D eigenvalue weighted by Crippen LogP contribution is 2.33. The molecule has 4 rings (SSSR count). The Morgan fingerprint density at radius 1 is 0.868 bits per heavy atom. The summed E-state index contributed by atoms with van der Waals surface area (Å²) in [5.41, 5.74) is 6.34. The largest absolute Gasteiger partial charge is 0.322 e. The fourth-order valence-corrected chi connectivity index (χ4v) is 4.34. The zero-order chi connectivity index (χ0) is 27.1. The van der Waals surface area contributed by atoms with E-state index in [4.69, 9.17) is 5.10 Å². The highest BCUT2D eigenvalue weighted by molar-refractivity contribution is 5.99. The Hall–Kier alpha value is -4.39. The van der Waals surface area contributed by atoms with Crippen LogP contribution < -0.4 is 10.6 Å². The van der Waals surface area contributed by atoms with Gasteiger partial charge in [0, 0.05) is 17.8 Å². The second kappa shape index (κ2) is 12.2. The van der Waals surface area contributed by atoms with E-state index in [1.165, 1.54) is 0 Å². The van der Waals surface area contributed by atoms with Crippen molar-refractivity contribution in [1.82, 2.24) is 14.7 Å². The van der Waals surface area contributed by atoms with Gasteiger partial charge >= 0.3 is 6.03 Å². The van der Waals surface area contributed by atoms with Crippen molar-refractivity contribution >= 4 is 23.4 Å². The van der Waals surface area contributed by atoms with E-state index in [0.717, 1.165) is 46.5 Å². The summed E-state index contributed by atoms with van der Waals surface area (Å²) in [7, 11) is 0. The van der Waals surface area contributed by atoms with Gasteiger partial charge in [-0.25, -0.2) is 9.48 Å². The zero-order valence-electron chi connectivity index (χ0n) is 22.5. The first kappa shape index (κ1) is 26.7. The van der Waals surface area contributed by atoms with Crippen LogP contribution in [0.4, 0.5) is 16.3 Å². The van der Waals surface area contributed by atoms with Crippen LogP contribution in [-0.2, 0) is 4.79 Å². The summed E-state index contributed by atoms with van der Waals surface area (Å²) in [6.07, 6.45) is 1.71. The molecule has 0 bridgehead atoms. The van der Waals surface area contributed by atoms with Crippen molar-refractivity contribution in [3.05, 3.63) is 95.7 Å². The number of anilines is 2. The molecule has 1 aromatic heterocycles. The van der Waals surface area contributed by atoms with Crippen LogP contribution in [0.15, 0.2) is 78.9 Å². The molecule has 7 nitrogen and oxygen atoms in total. The maximum absolute atomic E-state index is 13.5. The minimum absolute atomic E-state index is 0.0794. The van der Waals surface area contributed by atoms with Gasteiger partial charge in [0.2, 0.25) is 5.91 Å². The minimum Gasteiger partial charge on any atom is -0.315 e. The monoisotopic (exact) mass is 509 g/mol. The van der Waals surface area contributed by atoms with E-state index < -0.39 is 0 Å². The van der Waals surface area contributed by atoms with Crippen LogP contribution in [-0.4, -0.2) is 39.7 Å². The fourth-order valence-electron chi connectivity index (χ4n) is 4.34. The van der Waals surface area contributed by atoms with Crippen LogP contribution in [0.1, 0.15) is 36.6 Å². The lowest BCUT2D eigenvalue weighted by Gasteiger charge is -2.23. The lowest BCUT2D eigenvalue weighted by Crippen LogP contribution is -2.41. The van der Waals surface area contributed by atoms with Crippen molar-refractivity contribution in [2.45, 2.75) is 40.5 Å². The van der Waals surface area contributed by atoms with E-state index in [0.29, 0.717) is 18.1 Å². The molecule has 4 aromatic rings. The van der Waals surface area contributed by atoms with Crippen LogP contribution >= 0.6 is 0 Å². The highest BCUT2D eigenvalue weighted by atomic mass is 16.2. The van der Waals surface area contributed by atoms with Crippen molar-refractivity contribution < 1.29 is 9.59 Å². The van der Waals surface area contributed by atoms with Crippen molar-refractivity contribution in [2.24, 2.45) is 0 Å². The third-order valence-electron chi connectivity index (χ3n) is 6.33. The number of nitrogens with zero attached hydrogens (tertiary/aromatic N) is 3. The molecule has 0 aliphatic carbocycles. The Labute approximate surface area is 224 Å². The van der Waals surface area contributed by atoms with Gasteiger partial charge in [0.15, 0.2) is 0 Å². The van der Waals surface area contributed by atoms with Gasteiger partial charge in [-0.05, 0) is 62.6 Å². The maximum atomic E-state index is 13.5. The van der Waals surface area contributed by atoms with Crippen molar-refractivity contribution in [1.29, 1.82) is 0 Å². The van der Waals surface area contributed by atoms with Crippen LogP contribution in [0.3, 0.4) is 0 Å². The van der Waals surface area contributed by atoms with Gasteiger partial charge in [-0.2, -0.15) is 5.10 Å². The number of aryl methyl sites for hydroxylation is 3. The zero-order valence-corrected chi connectivity index (χ0v) is 22.5. The quantitative estimate of drug-likeness (QED) is 0.262. The van der Waals surface area contributed by atoms with Gasteiger partial charge in [0.1, 0.15) is 12.4 Å². The molecule has 0 saturated carbocycles. The Morgan fingerprint density at radius 3 is 2.29 bits per heavy atom. The summed E-state index contributed by atoms with van der Waals surface area (Å²) in [6.45, 7) is 8.40. The predicted molar refractivity (Wildman–Crippen MR) is 154 cm³/mol. The lowest BCUT2D eigenvalue weighted by atomic mass is 10.1. The fraction of sp³-hybridized carbons (Fsp3) is 0.258. The Bertz CT molecular complexity index is 1390. The Kier molecular flexibility index (Phi) is 8.58. The van der Waals surface area contributed by atoms with Gasteiger partial charge in [-0.1, -0.05) is 73.5 Å². The van der Waals surface area contributed by atoms with Gasteiger partial charge in [-0.3, -0.25) is 4.79 Å². The molecule has 0 unspecified atom stereocenters. The van der Waals surface area contributed by atoms with E-state index in [-0.39, 0.29) is 18.5 Å². The SMILES string of the molecule is CCCCN(CC(=O)Nc1c(-c2ccccc2)c(C)nn1-c1ccc(C)cc1)C(=O)Nc1cccc(C)c1. The number of amides is 3. The first-order chi connectivity index (χ1) is 18.4. The lowest BCUT2D eigenvalue weighted by molar-refractivity contribution is -0.116. The van der Waals surface area contributed by atoms with Crippen LogP contribution in [0.2, 0.25) is 0 Å². The highest BCUT2D eigenvalue weighted by Gasteiger charge is 2.23. The normalized spacial score (nSPS) is 10.7. The Morgan fingerprint density at radius 2 is 1.61 bits per heavy atom. The Balaban J connectivity index is 1.62. The van der Waals surface area contributed by atoms with E-state index in [1.807, 2.05) is 99.6 Å². The molecule has 0 spiro atoms. The summed E-state index contributed by atoms with van der Waals surface area (Å²) in [6, 6.07) is 25.2. The summed E-state index contributed by atoms with van der Waals surface area (Å²) in [4.78, 5) is 28.2. The average molecular weight is 510 g/mol. The number of urea groups is 1. The van der Waals surface area contributed by atoms with Crippen molar-refractivity contribution in [3.8, 4) is 16.8 Å². The molecule has 1 heterocycles. The maximum Gasteiger partial charge on any atom is 0.322 e. The molecule has 0 saturated heterocycles. The summed E-state index contributed by atoms with van der Waals surface area (Å²) in [5.74, 6) is 0.294. The molecule has 3 amide bonds. The number of unbranched alkanes of at least 4 members (excludes halogenated alkanes) is 1. The molecule has 0 aliphatic rings. The van der Waals surface area contributed by atoms with E-state index >= 15 is 0 Å². The molecule has 0 aliphatic heterocycles. The third kappa shape index (κ3) is 6.48. The van der Waals surface area contributed by atoms with E-state index in [2.05, 4.69) is 17.6 Å². The standard InChI is InChI=1S/C31H35N5O2/c1-5-6-19-35(31(38)32-26-14-10-11-23(3)20-26)21-28(37)33-30-29(25-12-8-7-9-13-25)24(4)34-36(30)27-17-15-22(2)16-18-27/h7-18,20H,5-6,19,21H2,1-4H3,(H,32,38)(H,33,37). The molecule has 0 atom stereocenters. The van der Waals surface area contributed by atoms with Gasteiger partial charge in [-0.15, -0.1) is 0 Å². The van der Waals surface area contributed by atoms with Crippen molar-refractivity contribution in [3.63, 3.8) is 0 Å². The van der Waals surface area contributed by atoms with Crippen molar-refractivity contribution in [2.75, 3.05) is 23.7 Å². The molecule has 196 valence electrons. The first-order valence-corrected chi connectivity index (χ1v) is 13.0. The molecule has 0 radical (unpaired) electrons. The smallest absolute Gasteiger partial charge is 0.315 e. The molecular formula is C31H35N5O2. The predicted octanol–water partition coefficient (Wildman–Crippen LogP) is 6.74. The van der Waals surface area contributed by atoms with E-state index in [1.54, 1.807) is 9.58 Å². The summed E-state index contributed by atoms with van der Waals surface area (Å²) < 4.78 is 1.76. The first-order valence-electron chi connectivity index (χ1n) is 13.0. The average Bonchev–Trinajstić information content (AvgIpc) is 3.22. The van der Waals surface area contributed by atoms with E-state index in [9.17, 15) is 9.59 Å². The van der Waals surface area contributed by atoms with Crippen LogP contribution in [0.25, 0.3) is 16.8 Å². The number of rotatable bonds is 9. The summed E-state index contributed by atoms with van der Waals surface area (Å²) in [5, 5.41) is 10.8. The number of carbonyl (C=O) groups is 2. The minimum atomic E-state index is -0.300.